The number of hydrogen-bond acceptors (Lipinski definition) is 3. The minimum Gasteiger partial charge on any atom is -0.383 e. The van der Waals surface area contributed by atoms with Crippen LogP contribution in [0.5, 0.6) is 0 Å². The maximum Gasteiger partial charge on any atom is 0.127 e. The van der Waals surface area contributed by atoms with Gasteiger partial charge in [-0.2, -0.15) is 0 Å². The minimum absolute atomic E-state index is 0.337. The maximum atomic E-state index is 5.56. The van der Waals surface area contributed by atoms with Crippen LogP contribution in [0.3, 0.4) is 0 Å². The summed E-state index contributed by atoms with van der Waals surface area (Å²) in [6.45, 7) is 7.43. The van der Waals surface area contributed by atoms with Crippen LogP contribution in [0.15, 0.2) is 21.4 Å². The van der Waals surface area contributed by atoms with Crippen molar-refractivity contribution < 1.29 is 0 Å². The second-order valence-corrected chi connectivity index (χ2v) is 2.54. The Morgan fingerprint density at radius 2 is 2.09 bits per heavy atom. The van der Waals surface area contributed by atoms with E-state index in [-0.39, 0.29) is 0 Å². The molecule has 2 N–H and O–H groups in total. The van der Waals surface area contributed by atoms with Crippen molar-refractivity contribution >= 4 is 12.9 Å². The molecular formula is C8H15N3. The van der Waals surface area contributed by atoms with E-state index in [1.54, 1.807) is 13.3 Å². The van der Waals surface area contributed by atoms with E-state index in [4.69, 9.17) is 5.73 Å². The minimum atomic E-state index is 0.337. The Kier molecular flexibility index (Phi) is 4.18. The van der Waals surface area contributed by atoms with E-state index in [2.05, 4.69) is 16.7 Å². The molecule has 0 saturated heterocycles. The summed E-state index contributed by atoms with van der Waals surface area (Å²) in [6.07, 6.45) is 1.72. The highest BCUT2D eigenvalue weighted by atomic mass is 14.9. The lowest BCUT2D eigenvalue weighted by atomic mass is 10.1. The second-order valence-electron chi connectivity index (χ2n) is 2.54. The van der Waals surface area contributed by atoms with Crippen molar-refractivity contribution in [3.8, 4) is 0 Å². The zero-order valence-electron chi connectivity index (χ0n) is 7.33. The molecule has 0 spiro atoms. The molecule has 0 atom stereocenters. The Hall–Kier alpha value is -1.12. The first kappa shape index (κ1) is 9.88. The highest BCUT2D eigenvalue weighted by molar-refractivity contribution is 5.80. The third kappa shape index (κ3) is 2.98. The summed E-state index contributed by atoms with van der Waals surface area (Å²) >= 11 is 0. The summed E-state index contributed by atoms with van der Waals surface area (Å²) in [5.41, 5.74) is 6.50. The summed E-state index contributed by atoms with van der Waals surface area (Å²) in [5, 5.41) is 0. The predicted octanol–water partition coefficient (Wildman–Crippen LogP) is 1.21. The molecular weight excluding hydrogens is 138 g/mol. The molecule has 0 aliphatic rings. The summed E-state index contributed by atoms with van der Waals surface area (Å²) < 4.78 is 0. The molecule has 0 amide bonds. The molecule has 0 aromatic heterocycles. The number of allylic oxidation sites excluding steroid dienone is 1. The molecule has 0 rings (SSSR count). The van der Waals surface area contributed by atoms with E-state index >= 15 is 0 Å². The van der Waals surface area contributed by atoms with Gasteiger partial charge in [-0.25, -0.2) is 4.99 Å². The quantitative estimate of drug-likeness (QED) is 0.609. The van der Waals surface area contributed by atoms with E-state index in [1.165, 1.54) is 0 Å². The van der Waals surface area contributed by atoms with Crippen molar-refractivity contribution in [2.45, 2.75) is 13.8 Å². The van der Waals surface area contributed by atoms with Crippen LogP contribution in [0.1, 0.15) is 13.8 Å². The average Bonchev–Trinajstić information content (AvgIpc) is 1.98. The fourth-order valence-electron chi connectivity index (χ4n) is 0.741. The fraction of sp³-hybridized carbons (Fsp3) is 0.500. The molecule has 0 unspecified atom stereocenters. The van der Waals surface area contributed by atoms with Gasteiger partial charge in [0, 0.05) is 18.8 Å². The fourth-order valence-corrected chi connectivity index (χ4v) is 0.741. The van der Waals surface area contributed by atoms with Crippen LogP contribution in [0.25, 0.3) is 0 Å². The van der Waals surface area contributed by atoms with Crippen LogP contribution in [0.4, 0.5) is 0 Å². The first-order valence-corrected chi connectivity index (χ1v) is 3.52. The van der Waals surface area contributed by atoms with Crippen LogP contribution >= 0.6 is 0 Å². The van der Waals surface area contributed by atoms with Gasteiger partial charge in [-0.05, 0) is 12.6 Å². The zero-order chi connectivity index (χ0) is 8.85. The van der Waals surface area contributed by atoms with Crippen LogP contribution in [-0.4, -0.2) is 20.0 Å². The highest BCUT2D eigenvalue weighted by Crippen LogP contribution is 2.09. The lowest BCUT2D eigenvalue weighted by Gasteiger charge is -2.06. The first-order valence-electron chi connectivity index (χ1n) is 3.52. The third-order valence-corrected chi connectivity index (χ3v) is 1.36. The van der Waals surface area contributed by atoms with E-state index in [0.29, 0.717) is 11.7 Å². The molecule has 0 aromatic carbocycles. The van der Waals surface area contributed by atoms with Gasteiger partial charge in [-0.15, -0.1) is 0 Å². The molecule has 62 valence electrons. The lowest BCUT2D eigenvalue weighted by Crippen LogP contribution is -2.06. The van der Waals surface area contributed by atoms with Gasteiger partial charge in [-0.1, -0.05) is 13.8 Å². The monoisotopic (exact) mass is 153 g/mol. The largest absolute Gasteiger partial charge is 0.383 e. The molecule has 0 aliphatic heterocycles. The van der Waals surface area contributed by atoms with Crippen LogP contribution < -0.4 is 5.73 Å². The van der Waals surface area contributed by atoms with Crippen molar-refractivity contribution in [1.82, 2.24) is 0 Å². The molecule has 3 nitrogen and oxygen atoms in total. The molecule has 0 fully saturated rings. The predicted molar refractivity (Wildman–Crippen MR) is 50.0 cm³/mol. The van der Waals surface area contributed by atoms with Gasteiger partial charge in [0.2, 0.25) is 0 Å². The third-order valence-electron chi connectivity index (χ3n) is 1.36. The smallest absolute Gasteiger partial charge is 0.127 e. The van der Waals surface area contributed by atoms with Gasteiger partial charge in [-0.3, -0.25) is 4.99 Å². The Morgan fingerprint density at radius 1 is 1.55 bits per heavy atom. The van der Waals surface area contributed by atoms with Crippen molar-refractivity contribution in [2.75, 3.05) is 7.05 Å². The molecule has 0 radical (unpaired) electrons. The van der Waals surface area contributed by atoms with Crippen molar-refractivity contribution in [3.05, 3.63) is 11.4 Å². The number of aliphatic imine (C=N–C) groups is 2. The molecule has 0 bridgehead atoms. The van der Waals surface area contributed by atoms with Gasteiger partial charge in [0.1, 0.15) is 5.82 Å². The summed E-state index contributed by atoms with van der Waals surface area (Å²) in [7, 11) is 1.71. The van der Waals surface area contributed by atoms with Crippen LogP contribution in [0, 0.1) is 5.92 Å². The first-order chi connectivity index (χ1) is 5.13. The number of nitrogens with zero attached hydrogens (tertiary/aromatic N) is 2. The average molecular weight is 153 g/mol. The van der Waals surface area contributed by atoms with E-state index < -0.39 is 0 Å². The summed E-state index contributed by atoms with van der Waals surface area (Å²) in [4.78, 5) is 7.52. The summed E-state index contributed by atoms with van der Waals surface area (Å²) in [5.74, 6) is 0.801. The van der Waals surface area contributed by atoms with Gasteiger partial charge in [0.05, 0.1) is 0 Å². The molecule has 0 aromatic rings. The zero-order valence-corrected chi connectivity index (χ0v) is 7.33. The van der Waals surface area contributed by atoms with Crippen molar-refractivity contribution in [1.29, 1.82) is 0 Å². The Bertz CT molecular complexity index is 190. The second kappa shape index (κ2) is 4.66. The number of rotatable bonds is 3. The van der Waals surface area contributed by atoms with Gasteiger partial charge in [0.25, 0.3) is 0 Å². The molecule has 11 heavy (non-hydrogen) atoms. The highest BCUT2D eigenvalue weighted by Gasteiger charge is 2.03. The number of hydrogen-bond donors (Lipinski definition) is 1. The normalized spacial score (nSPS) is 13.8. The molecule has 0 heterocycles. The van der Waals surface area contributed by atoms with Gasteiger partial charge in [0.15, 0.2) is 0 Å². The van der Waals surface area contributed by atoms with E-state index in [9.17, 15) is 0 Å². The molecule has 0 saturated carbocycles. The maximum absolute atomic E-state index is 5.56. The number of nitrogens with two attached hydrogens (primary N) is 1. The Labute approximate surface area is 67.7 Å². The standard InChI is InChI=1S/C8H15N3/c1-6(2)7(5-10-3)8(9)11-4/h5-6H,4,9H2,1-3H3/b8-7+,10-5-. The molecule has 3 heteroatoms. The van der Waals surface area contributed by atoms with E-state index in [0.717, 1.165) is 5.57 Å². The van der Waals surface area contributed by atoms with Crippen molar-refractivity contribution in [3.63, 3.8) is 0 Å². The van der Waals surface area contributed by atoms with E-state index in [1.807, 2.05) is 13.8 Å². The SMILES string of the molecule is C=N/C(N)=C(\C=N/C)C(C)C. The van der Waals surface area contributed by atoms with Gasteiger partial charge >= 0.3 is 0 Å². The Balaban J connectivity index is 4.71. The Morgan fingerprint density at radius 3 is 2.36 bits per heavy atom. The topological polar surface area (TPSA) is 50.7 Å². The van der Waals surface area contributed by atoms with Crippen molar-refractivity contribution in [2.24, 2.45) is 21.6 Å². The molecule has 0 aliphatic carbocycles. The lowest BCUT2D eigenvalue weighted by molar-refractivity contribution is 0.790. The van der Waals surface area contributed by atoms with Crippen LogP contribution in [0.2, 0.25) is 0 Å². The van der Waals surface area contributed by atoms with Crippen LogP contribution in [-0.2, 0) is 0 Å². The summed E-state index contributed by atoms with van der Waals surface area (Å²) in [6, 6.07) is 0. The van der Waals surface area contributed by atoms with Gasteiger partial charge < -0.3 is 5.73 Å².